The van der Waals surface area contributed by atoms with E-state index in [2.05, 4.69) is 18.0 Å². The minimum absolute atomic E-state index is 0.323. The lowest BCUT2D eigenvalue weighted by atomic mass is 10.0. The highest BCUT2D eigenvalue weighted by atomic mass is 32.2. The minimum atomic E-state index is -3.24. The summed E-state index contributed by atoms with van der Waals surface area (Å²) in [4.78, 5) is 0. The van der Waals surface area contributed by atoms with E-state index in [1.54, 1.807) is 0 Å². The lowest BCUT2D eigenvalue weighted by molar-refractivity contribution is 0.283. The maximum Gasteiger partial charge on any atom is 0.264 e. The third-order valence-electron chi connectivity index (χ3n) is 1.96. The zero-order valence-corrected chi connectivity index (χ0v) is 9.56. The van der Waals surface area contributed by atoms with Crippen molar-refractivity contribution in [3.63, 3.8) is 0 Å². The predicted octanol–water partition coefficient (Wildman–Crippen LogP) is 2.18. The van der Waals surface area contributed by atoms with Gasteiger partial charge in [-0.15, -0.1) is 0 Å². The number of hydrogen-bond donors (Lipinski definition) is 0. The van der Waals surface area contributed by atoms with E-state index in [0.717, 1.165) is 19.1 Å². The summed E-state index contributed by atoms with van der Waals surface area (Å²) in [6.07, 6.45) is 5.47. The first kappa shape index (κ1) is 12.9. The molecular weight excluding hydrogens is 188 g/mol. The van der Waals surface area contributed by atoms with Gasteiger partial charge in [0.15, 0.2) is 0 Å². The first-order chi connectivity index (χ1) is 5.95. The van der Waals surface area contributed by atoms with Crippen LogP contribution in [0.25, 0.3) is 0 Å². The first-order valence-electron chi connectivity index (χ1n) is 4.80. The van der Waals surface area contributed by atoms with E-state index in [4.69, 9.17) is 0 Å². The van der Waals surface area contributed by atoms with Crippen molar-refractivity contribution < 1.29 is 12.6 Å². The van der Waals surface area contributed by atoms with Crippen LogP contribution in [0, 0.1) is 5.92 Å². The molecule has 0 aromatic rings. The summed E-state index contributed by atoms with van der Waals surface area (Å²) in [5, 5.41) is 0. The van der Waals surface area contributed by atoms with Crippen molar-refractivity contribution in [3.8, 4) is 0 Å². The monoisotopic (exact) mass is 208 g/mol. The number of rotatable bonds is 7. The van der Waals surface area contributed by atoms with Gasteiger partial charge in [-0.1, -0.05) is 33.1 Å². The second-order valence-corrected chi connectivity index (χ2v) is 5.21. The summed E-state index contributed by atoms with van der Waals surface area (Å²) in [5.74, 6) is 0.557. The molecule has 1 atom stereocenters. The van der Waals surface area contributed by atoms with Gasteiger partial charge in [0.2, 0.25) is 0 Å². The molecule has 0 saturated carbocycles. The standard InChI is InChI=1S/C9H20O3S/c1-4-5-6-9(2)7-8-12-13(3,10)11/h9H,4-8H2,1-3H3. The van der Waals surface area contributed by atoms with Gasteiger partial charge in [0.25, 0.3) is 10.1 Å². The number of hydrogen-bond acceptors (Lipinski definition) is 3. The lowest BCUT2D eigenvalue weighted by Gasteiger charge is -2.09. The van der Waals surface area contributed by atoms with Crippen molar-refractivity contribution in [1.29, 1.82) is 0 Å². The Bertz CT molecular complexity index is 209. The molecule has 0 aromatic heterocycles. The molecule has 0 amide bonds. The number of unbranched alkanes of at least 4 members (excludes halogenated alkanes) is 1. The lowest BCUT2D eigenvalue weighted by Crippen LogP contribution is -2.07. The second kappa shape index (κ2) is 6.38. The molecule has 0 radical (unpaired) electrons. The first-order valence-corrected chi connectivity index (χ1v) is 6.61. The van der Waals surface area contributed by atoms with Crippen LogP contribution in [0.3, 0.4) is 0 Å². The van der Waals surface area contributed by atoms with E-state index in [1.165, 1.54) is 12.8 Å². The van der Waals surface area contributed by atoms with Crippen LogP contribution in [0.5, 0.6) is 0 Å². The Morgan fingerprint density at radius 1 is 1.31 bits per heavy atom. The highest BCUT2D eigenvalue weighted by Crippen LogP contribution is 2.11. The van der Waals surface area contributed by atoms with Gasteiger partial charge in [-0.3, -0.25) is 4.18 Å². The van der Waals surface area contributed by atoms with Crippen LogP contribution in [0.1, 0.15) is 39.5 Å². The van der Waals surface area contributed by atoms with Crippen LogP contribution in [0.4, 0.5) is 0 Å². The molecule has 0 bridgehead atoms. The summed E-state index contributed by atoms with van der Waals surface area (Å²) < 4.78 is 25.9. The van der Waals surface area contributed by atoms with E-state index in [9.17, 15) is 8.42 Å². The van der Waals surface area contributed by atoms with Crippen LogP contribution in [-0.4, -0.2) is 21.3 Å². The predicted molar refractivity (Wildman–Crippen MR) is 54.1 cm³/mol. The van der Waals surface area contributed by atoms with Crippen LogP contribution in [-0.2, 0) is 14.3 Å². The highest BCUT2D eigenvalue weighted by molar-refractivity contribution is 7.85. The third-order valence-corrected chi connectivity index (χ3v) is 2.55. The van der Waals surface area contributed by atoms with Crippen molar-refractivity contribution in [2.75, 3.05) is 12.9 Å². The molecule has 80 valence electrons. The largest absolute Gasteiger partial charge is 0.270 e. The van der Waals surface area contributed by atoms with Crippen LogP contribution in [0.2, 0.25) is 0 Å². The van der Waals surface area contributed by atoms with Gasteiger partial charge in [0, 0.05) is 0 Å². The summed E-state index contributed by atoms with van der Waals surface area (Å²) in [5.41, 5.74) is 0. The van der Waals surface area contributed by atoms with Gasteiger partial charge >= 0.3 is 0 Å². The molecule has 0 N–H and O–H groups in total. The van der Waals surface area contributed by atoms with Crippen LogP contribution >= 0.6 is 0 Å². The van der Waals surface area contributed by atoms with E-state index >= 15 is 0 Å². The zero-order valence-electron chi connectivity index (χ0n) is 8.75. The van der Waals surface area contributed by atoms with Crippen molar-refractivity contribution in [1.82, 2.24) is 0 Å². The molecule has 0 heterocycles. The molecule has 3 nitrogen and oxygen atoms in total. The zero-order chi connectivity index (χ0) is 10.3. The van der Waals surface area contributed by atoms with Gasteiger partial charge in [0.05, 0.1) is 12.9 Å². The Labute approximate surface area is 81.6 Å². The van der Waals surface area contributed by atoms with Crippen LogP contribution < -0.4 is 0 Å². The molecule has 0 aliphatic heterocycles. The van der Waals surface area contributed by atoms with Gasteiger partial charge in [-0.05, 0) is 12.3 Å². The van der Waals surface area contributed by atoms with E-state index < -0.39 is 10.1 Å². The topological polar surface area (TPSA) is 43.4 Å². The fourth-order valence-corrected chi connectivity index (χ4v) is 1.50. The Morgan fingerprint density at radius 3 is 2.38 bits per heavy atom. The van der Waals surface area contributed by atoms with Gasteiger partial charge in [0.1, 0.15) is 0 Å². The molecule has 4 heteroatoms. The molecule has 0 saturated heterocycles. The maximum absolute atomic E-state index is 10.6. The average molecular weight is 208 g/mol. The van der Waals surface area contributed by atoms with Crippen LogP contribution in [0.15, 0.2) is 0 Å². The Kier molecular flexibility index (Phi) is 6.33. The van der Waals surface area contributed by atoms with Crippen molar-refractivity contribution >= 4 is 10.1 Å². The molecule has 0 fully saturated rings. The van der Waals surface area contributed by atoms with Gasteiger partial charge < -0.3 is 0 Å². The summed E-state index contributed by atoms with van der Waals surface area (Å²) in [6.45, 7) is 4.60. The van der Waals surface area contributed by atoms with E-state index in [1.807, 2.05) is 0 Å². The fraction of sp³-hybridized carbons (Fsp3) is 1.00. The fourth-order valence-electron chi connectivity index (χ4n) is 1.10. The normalized spacial score (nSPS) is 14.4. The smallest absolute Gasteiger partial charge is 0.264 e. The van der Waals surface area contributed by atoms with Gasteiger partial charge in [-0.2, -0.15) is 8.42 Å². The molecule has 13 heavy (non-hydrogen) atoms. The quantitative estimate of drug-likeness (QED) is 0.602. The summed E-state index contributed by atoms with van der Waals surface area (Å²) >= 11 is 0. The van der Waals surface area contributed by atoms with E-state index in [-0.39, 0.29) is 0 Å². The van der Waals surface area contributed by atoms with Crippen molar-refractivity contribution in [2.24, 2.45) is 5.92 Å². The third kappa shape index (κ3) is 9.83. The Morgan fingerprint density at radius 2 is 1.92 bits per heavy atom. The molecule has 1 unspecified atom stereocenters. The van der Waals surface area contributed by atoms with Crippen molar-refractivity contribution in [2.45, 2.75) is 39.5 Å². The molecule has 0 aromatic carbocycles. The minimum Gasteiger partial charge on any atom is -0.270 e. The summed E-state index contributed by atoms with van der Waals surface area (Å²) in [6, 6.07) is 0. The maximum atomic E-state index is 10.6. The van der Waals surface area contributed by atoms with Crippen molar-refractivity contribution in [3.05, 3.63) is 0 Å². The average Bonchev–Trinajstić information content (AvgIpc) is 1.98. The highest BCUT2D eigenvalue weighted by Gasteiger charge is 2.05. The molecule has 0 aliphatic rings. The molecule has 0 spiro atoms. The SMILES string of the molecule is CCCCC(C)CCOS(C)(=O)=O. The second-order valence-electron chi connectivity index (χ2n) is 3.56. The Balaban J connectivity index is 3.42. The Hall–Kier alpha value is -0.0900. The van der Waals surface area contributed by atoms with Gasteiger partial charge in [-0.25, -0.2) is 0 Å². The van der Waals surface area contributed by atoms with E-state index in [0.29, 0.717) is 12.5 Å². The molecule has 0 aliphatic carbocycles. The molecular formula is C9H20O3S. The molecule has 0 rings (SSSR count). The summed E-state index contributed by atoms with van der Waals surface area (Å²) in [7, 11) is -3.24.